The Balaban J connectivity index is 0.000000948. The van der Waals surface area contributed by atoms with Crippen molar-refractivity contribution < 1.29 is 0 Å². The normalized spacial score (nSPS) is 22.6. The van der Waals surface area contributed by atoms with Gasteiger partial charge in [0, 0.05) is 24.3 Å². The summed E-state index contributed by atoms with van der Waals surface area (Å²) in [6.45, 7) is 6.48. The van der Waals surface area contributed by atoms with E-state index >= 15 is 0 Å². The highest BCUT2D eigenvalue weighted by Gasteiger charge is 2.29. The van der Waals surface area contributed by atoms with Crippen LogP contribution in [-0.4, -0.2) is 42.0 Å². The molecule has 4 rings (SSSR count). The van der Waals surface area contributed by atoms with Crippen molar-refractivity contribution in [3.05, 3.63) is 59.3 Å². The van der Waals surface area contributed by atoms with Crippen molar-refractivity contribution in [1.82, 2.24) is 9.80 Å². The van der Waals surface area contributed by atoms with Crippen LogP contribution in [0.4, 0.5) is 0 Å². The van der Waals surface area contributed by atoms with E-state index in [4.69, 9.17) is 0 Å². The van der Waals surface area contributed by atoms with Crippen LogP contribution >= 0.6 is 0 Å². The van der Waals surface area contributed by atoms with Gasteiger partial charge >= 0.3 is 0 Å². The molecule has 2 aliphatic carbocycles. The summed E-state index contributed by atoms with van der Waals surface area (Å²) in [5.41, 5.74) is 4.59. The fourth-order valence-corrected chi connectivity index (χ4v) is 4.72. The summed E-state index contributed by atoms with van der Waals surface area (Å²) in [4.78, 5) is 5.29. The molecule has 2 nitrogen and oxygen atoms in total. The summed E-state index contributed by atoms with van der Waals surface area (Å²) in [5, 5.41) is 0. The Bertz CT molecular complexity index is 606. The number of fused-ring (bicyclic) bond motifs is 1. The quantitative estimate of drug-likeness (QED) is 0.718. The highest BCUT2D eigenvalue weighted by Crippen LogP contribution is 2.30. The van der Waals surface area contributed by atoms with Gasteiger partial charge in [-0.25, -0.2) is 0 Å². The Morgan fingerprint density at radius 1 is 1.08 bits per heavy atom. The molecule has 1 saturated heterocycles. The number of benzene rings is 1. The lowest BCUT2D eigenvalue weighted by molar-refractivity contribution is 0.219. The maximum atomic E-state index is 2.72. The molecule has 1 aromatic carbocycles. The lowest BCUT2D eigenvalue weighted by Crippen LogP contribution is -2.38. The lowest BCUT2D eigenvalue weighted by atomic mass is 10.0. The second-order valence-corrected chi connectivity index (χ2v) is 7.70. The number of likely N-dealkylation sites (tertiary alicyclic amines) is 1. The molecule has 0 amide bonds. The van der Waals surface area contributed by atoms with E-state index in [0.29, 0.717) is 6.04 Å². The Hall–Kier alpha value is -1.54. The van der Waals surface area contributed by atoms with Gasteiger partial charge in [-0.3, -0.25) is 0 Å². The first-order chi connectivity index (χ1) is 12.8. The maximum absolute atomic E-state index is 2.72. The molecule has 1 atom stereocenters. The van der Waals surface area contributed by atoms with Gasteiger partial charge in [0.2, 0.25) is 0 Å². The Morgan fingerprint density at radius 3 is 2.38 bits per heavy atom. The summed E-state index contributed by atoms with van der Waals surface area (Å²) in [5.74, 6) is 0. The van der Waals surface area contributed by atoms with E-state index < -0.39 is 0 Å². The first-order valence-corrected chi connectivity index (χ1v) is 10.7. The molecule has 0 radical (unpaired) electrons. The molecule has 1 fully saturated rings. The Labute approximate surface area is 160 Å². The van der Waals surface area contributed by atoms with Gasteiger partial charge in [0.25, 0.3) is 0 Å². The van der Waals surface area contributed by atoms with E-state index in [1.165, 1.54) is 63.7 Å². The first kappa shape index (κ1) is 19.2. The van der Waals surface area contributed by atoms with Gasteiger partial charge < -0.3 is 9.80 Å². The fourth-order valence-electron chi connectivity index (χ4n) is 4.72. The largest absolute Gasteiger partial charge is 0.368 e. The van der Waals surface area contributed by atoms with Crippen LogP contribution in [0.3, 0.4) is 0 Å². The minimum atomic E-state index is 0.642. The van der Waals surface area contributed by atoms with Crippen LogP contribution < -0.4 is 0 Å². The van der Waals surface area contributed by atoms with Gasteiger partial charge in [0.1, 0.15) is 0 Å². The van der Waals surface area contributed by atoms with Crippen molar-refractivity contribution in [1.29, 1.82) is 0 Å². The van der Waals surface area contributed by atoms with Gasteiger partial charge in [-0.1, -0.05) is 50.3 Å². The highest BCUT2D eigenvalue weighted by atomic mass is 15.2. The van der Waals surface area contributed by atoms with Crippen molar-refractivity contribution >= 4 is 0 Å². The molecule has 0 aromatic heterocycles. The summed E-state index contributed by atoms with van der Waals surface area (Å²) in [6, 6.07) is 10.5. The van der Waals surface area contributed by atoms with Crippen LogP contribution in [0.15, 0.2) is 48.2 Å². The summed E-state index contributed by atoms with van der Waals surface area (Å²) >= 11 is 0. The molecule has 3 aliphatic rings. The molecule has 2 heteroatoms. The zero-order valence-corrected chi connectivity index (χ0v) is 17.0. The van der Waals surface area contributed by atoms with Crippen LogP contribution in [0.2, 0.25) is 0 Å². The van der Waals surface area contributed by atoms with Crippen molar-refractivity contribution in [2.75, 3.05) is 20.1 Å². The second-order valence-electron chi connectivity index (χ2n) is 7.70. The molecule has 1 aromatic rings. The number of hydrogen-bond donors (Lipinski definition) is 0. The molecule has 0 spiro atoms. The topological polar surface area (TPSA) is 6.48 Å². The number of allylic oxidation sites excluding steroid dienone is 3. The first-order valence-electron chi connectivity index (χ1n) is 10.7. The van der Waals surface area contributed by atoms with Crippen LogP contribution in [0.25, 0.3) is 0 Å². The zero-order chi connectivity index (χ0) is 18.4. The van der Waals surface area contributed by atoms with E-state index in [-0.39, 0.29) is 0 Å². The molecule has 0 N–H and O–H groups in total. The van der Waals surface area contributed by atoms with Crippen molar-refractivity contribution in [3.8, 4) is 0 Å². The minimum absolute atomic E-state index is 0.642. The van der Waals surface area contributed by atoms with Crippen LogP contribution in [0, 0.1) is 0 Å². The van der Waals surface area contributed by atoms with E-state index in [1.807, 2.05) is 13.8 Å². The molecule has 0 saturated carbocycles. The summed E-state index contributed by atoms with van der Waals surface area (Å²) in [7, 11) is 2.30. The van der Waals surface area contributed by atoms with Gasteiger partial charge in [0.05, 0.1) is 0 Å². The second kappa shape index (κ2) is 9.41. The van der Waals surface area contributed by atoms with Crippen LogP contribution in [0.1, 0.15) is 57.1 Å². The van der Waals surface area contributed by atoms with Crippen molar-refractivity contribution in [2.24, 2.45) is 0 Å². The van der Waals surface area contributed by atoms with Gasteiger partial charge in [0.15, 0.2) is 0 Å². The average Bonchev–Trinajstić information content (AvgIpc) is 3.30. The Kier molecular flexibility index (Phi) is 6.96. The monoisotopic (exact) mass is 352 g/mol. The number of hydrogen-bond acceptors (Lipinski definition) is 2. The third-order valence-corrected chi connectivity index (χ3v) is 6.15. The molecular formula is C24H36N2. The van der Waals surface area contributed by atoms with Crippen LogP contribution in [-0.2, 0) is 12.8 Å². The lowest BCUT2D eigenvalue weighted by Gasteiger charge is -2.34. The van der Waals surface area contributed by atoms with Crippen LogP contribution in [0.5, 0.6) is 0 Å². The number of rotatable bonds is 5. The average molecular weight is 353 g/mol. The van der Waals surface area contributed by atoms with Crippen molar-refractivity contribution in [2.45, 2.75) is 70.9 Å². The molecule has 1 heterocycles. The fraction of sp³-hybridized carbons (Fsp3) is 0.583. The van der Waals surface area contributed by atoms with E-state index in [9.17, 15) is 0 Å². The third kappa shape index (κ3) is 4.40. The maximum Gasteiger partial charge on any atom is 0.0370 e. The molecule has 26 heavy (non-hydrogen) atoms. The van der Waals surface area contributed by atoms with Gasteiger partial charge in [-0.2, -0.15) is 0 Å². The van der Waals surface area contributed by atoms with E-state index in [2.05, 4.69) is 59.3 Å². The molecule has 1 unspecified atom stereocenters. The smallest absolute Gasteiger partial charge is 0.0370 e. The molecular weight excluding hydrogens is 316 g/mol. The highest BCUT2D eigenvalue weighted by molar-refractivity contribution is 5.35. The number of nitrogens with zero attached hydrogens (tertiary/aromatic N) is 2. The molecule has 1 aliphatic heterocycles. The SMILES string of the molecule is CC.CN1CCCC1CCN(C1=CCCC=C1)C1Cc2ccccc2C1. The minimum Gasteiger partial charge on any atom is -0.368 e. The molecule has 142 valence electrons. The third-order valence-electron chi connectivity index (χ3n) is 6.15. The summed E-state index contributed by atoms with van der Waals surface area (Å²) < 4.78 is 0. The predicted molar refractivity (Wildman–Crippen MR) is 112 cm³/mol. The molecule has 0 bridgehead atoms. The summed E-state index contributed by atoms with van der Waals surface area (Å²) in [6.07, 6.45) is 16.1. The van der Waals surface area contributed by atoms with Crippen molar-refractivity contribution in [3.63, 3.8) is 0 Å². The predicted octanol–water partition coefficient (Wildman–Crippen LogP) is 5.20. The van der Waals surface area contributed by atoms with Gasteiger partial charge in [-0.15, -0.1) is 0 Å². The zero-order valence-electron chi connectivity index (χ0n) is 17.0. The van der Waals surface area contributed by atoms with Gasteiger partial charge in [-0.05, 0) is 75.7 Å². The van der Waals surface area contributed by atoms with E-state index in [1.54, 1.807) is 11.1 Å². The standard InChI is InChI=1S/C22H30N2.C2H6/c1-23-14-7-12-20(23)13-15-24(21-10-3-2-4-11-21)22-16-18-8-5-6-9-19(18)17-22;1-2/h3,5-6,8-11,20,22H,2,4,7,12-17H2,1H3;1-2H3. The Morgan fingerprint density at radius 2 is 1.81 bits per heavy atom. The van der Waals surface area contributed by atoms with E-state index in [0.717, 1.165) is 6.04 Å².